The number of sulfonamides is 1. The maximum absolute atomic E-state index is 12.2. The lowest BCUT2D eigenvalue weighted by Crippen LogP contribution is -2.36. The predicted molar refractivity (Wildman–Crippen MR) is 76.1 cm³/mol. The highest BCUT2D eigenvalue weighted by molar-refractivity contribution is 7.89. The maximum Gasteiger partial charge on any atom is 0.214 e. The minimum Gasteiger partial charge on any atom is -0.315 e. The van der Waals surface area contributed by atoms with Crippen molar-refractivity contribution in [1.82, 2.24) is 9.62 Å². The Bertz CT molecular complexity index is 341. The molecule has 1 fully saturated rings. The van der Waals surface area contributed by atoms with Crippen LogP contribution in [0.3, 0.4) is 0 Å². The van der Waals surface area contributed by atoms with Crippen LogP contribution in [0.15, 0.2) is 0 Å². The Kier molecular flexibility index (Phi) is 6.08. The molecule has 0 aromatic rings. The van der Waals surface area contributed by atoms with Crippen LogP contribution in [-0.2, 0) is 10.0 Å². The molecule has 4 nitrogen and oxygen atoms in total. The summed E-state index contributed by atoms with van der Waals surface area (Å²) in [7, 11) is -3.04. The van der Waals surface area contributed by atoms with Crippen LogP contribution in [0.4, 0.5) is 0 Å². The van der Waals surface area contributed by atoms with E-state index in [1.807, 2.05) is 6.92 Å². The van der Waals surface area contributed by atoms with Crippen LogP contribution in [0, 0.1) is 5.92 Å². The molecule has 1 aliphatic heterocycles. The van der Waals surface area contributed by atoms with Crippen LogP contribution < -0.4 is 5.32 Å². The van der Waals surface area contributed by atoms with Crippen LogP contribution in [0.25, 0.3) is 0 Å². The van der Waals surface area contributed by atoms with E-state index in [0.29, 0.717) is 24.3 Å². The number of nitrogens with zero attached hydrogens (tertiary/aromatic N) is 1. The van der Waals surface area contributed by atoms with E-state index in [2.05, 4.69) is 26.1 Å². The fourth-order valence-corrected chi connectivity index (χ4v) is 4.49. The monoisotopic (exact) mass is 276 g/mol. The highest BCUT2D eigenvalue weighted by atomic mass is 32.2. The number of unbranched alkanes of at least 4 members (excludes halogenated alkanes) is 1. The summed E-state index contributed by atoms with van der Waals surface area (Å²) in [5.74, 6) is 0.793. The average molecular weight is 276 g/mol. The molecule has 5 heteroatoms. The van der Waals surface area contributed by atoms with E-state index in [9.17, 15) is 8.42 Å². The van der Waals surface area contributed by atoms with Gasteiger partial charge >= 0.3 is 0 Å². The van der Waals surface area contributed by atoms with Gasteiger partial charge in [0.2, 0.25) is 10.0 Å². The number of hydrogen-bond acceptors (Lipinski definition) is 3. The van der Waals surface area contributed by atoms with E-state index < -0.39 is 10.0 Å². The molecule has 0 bridgehead atoms. The third-order valence-corrected chi connectivity index (χ3v) is 5.49. The standard InChI is InChI=1S/C13H28N2O2S/c1-11(2)14-7-5-6-8-18(16,17)15-10-12(3)9-13(15)4/h11-14H,5-10H2,1-4H3. The molecule has 108 valence electrons. The molecule has 1 aliphatic rings. The first-order chi connectivity index (χ1) is 8.33. The summed E-state index contributed by atoms with van der Waals surface area (Å²) in [6.45, 7) is 9.95. The van der Waals surface area contributed by atoms with Crippen LogP contribution in [-0.4, -0.2) is 43.6 Å². The molecule has 0 radical (unpaired) electrons. The van der Waals surface area contributed by atoms with Crippen LogP contribution in [0.2, 0.25) is 0 Å². The first kappa shape index (κ1) is 15.9. The molecule has 0 aromatic carbocycles. The van der Waals surface area contributed by atoms with Crippen molar-refractivity contribution in [2.45, 2.75) is 59.0 Å². The summed E-state index contributed by atoms with van der Waals surface area (Å²) in [6.07, 6.45) is 2.67. The van der Waals surface area contributed by atoms with Gasteiger partial charge in [-0.05, 0) is 38.6 Å². The molecule has 1 N–H and O–H groups in total. The molecular formula is C13H28N2O2S. The van der Waals surface area contributed by atoms with E-state index in [4.69, 9.17) is 0 Å². The van der Waals surface area contributed by atoms with Gasteiger partial charge in [-0.15, -0.1) is 0 Å². The minimum atomic E-state index is -3.04. The van der Waals surface area contributed by atoms with Gasteiger partial charge in [0, 0.05) is 18.6 Å². The van der Waals surface area contributed by atoms with Crippen molar-refractivity contribution in [2.75, 3.05) is 18.8 Å². The fraction of sp³-hybridized carbons (Fsp3) is 1.00. The maximum atomic E-state index is 12.2. The zero-order valence-electron chi connectivity index (χ0n) is 12.1. The van der Waals surface area contributed by atoms with Crippen LogP contribution in [0.1, 0.15) is 47.0 Å². The topological polar surface area (TPSA) is 49.4 Å². The molecule has 0 spiro atoms. The molecule has 0 aliphatic carbocycles. The van der Waals surface area contributed by atoms with E-state index in [0.717, 1.165) is 25.8 Å². The van der Waals surface area contributed by atoms with Crippen LogP contribution in [0.5, 0.6) is 0 Å². The van der Waals surface area contributed by atoms with Gasteiger partial charge in [-0.1, -0.05) is 20.8 Å². The van der Waals surface area contributed by atoms with Gasteiger partial charge in [0.05, 0.1) is 5.75 Å². The van der Waals surface area contributed by atoms with E-state index in [1.165, 1.54) is 0 Å². The smallest absolute Gasteiger partial charge is 0.214 e. The Labute approximate surface area is 112 Å². The lowest BCUT2D eigenvalue weighted by atomic mass is 10.1. The Morgan fingerprint density at radius 3 is 2.44 bits per heavy atom. The van der Waals surface area contributed by atoms with Crippen molar-refractivity contribution in [2.24, 2.45) is 5.92 Å². The second-order valence-corrected chi connectivity index (χ2v) is 7.93. The number of nitrogens with one attached hydrogen (secondary N) is 1. The molecular weight excluding hydrogens is 248 g/mol. The van der Waals surface area contributed by atoms with Crippen molar-refractivity contribution >= 4 is 10.0 Å². The third kappa shape index (κ3) is 4.86. The van der Waals surface area contributed by atoms with Gasteiger partial charge in [0.25, 0.3) is 0 Å². The van der Waals surface area contributed by atoms with Crippen molar-refractivity contribution in [3.63, 3.8) is 0 Å². The Morgan fingerprint density at radius 1 is 1.28 bits per heavy atom. The van der Waals surface area contributed by atoms with Crippen molar-refractivity contribution in [3.8, 4) is 0 Å². The summed E-state index contributed by atoms with van der Waals surface area (Å²) >= 11 is 0. The summed E-state index contributed by atoms with van der Waals surface area (Å²) in [4.78, 5) is 0. The number of rotatable bonds is 7. The first-order valence-electron chi connectivity index (χ1n) is 7.06. The summed E-state index contributed by atoms with van der Waals surface area (Å²) in [5.41, 5.74) is 0. The highest BCUT2D eigenvalue weighted by Gasteiger charge is 2.34. The van der Waals surface area contributed by atoms with Crippen molar-refractivity contribution < 1.29 is 8.42 Å². The van der Waals surface area contributed by atoms with Gasteiger partial charge in [-0.3, -0.25) is 0 Å². The van der Waals surface area contributed by atoms with Crippen molar-refractivity contribution in [1.29, 1.82) is 0 Å². The summed E-state index contributed by atoms with van der Waals surface area (Å²) < 4.78 is 26.1. The first-order valence-corrected chi connectivity index (χ1v) is 8.66. The Morgan fingerprint density at radius 2 is 1.94 bits per heavy atom. The Hall–Kier alpha value is -0.130. The molecule has 1 saturated heterocycles. The second kappa shape index (κ2) is 6.87. The number of hydrogen-bond donors (Lipinski definition) is 1. The van der Waals surface area contributed by atoms with E-state index in [1.54, 1.807) is 4.31 Å². The quantitative estimate of drug-likeness (QED) is 0.722. The largest absolute Gasteiger partial charge is 0.315 e. The molecule has 0 amide bonds. The fourth-order valence-electron chi connectivity index (χ4n) is 2.57. The van der Waals surface area contributed by atoms with Gasteiger partial charge in [0.1, 0.15) is 0 Å². The molecule has 2 unspecified atom stereocenters. The second-order valence-electron chi connectivity index (χ2n) is 5.89. The molecule has 18 heavy (non-hydrogen) atoms. The van der Waals surface area contributed by atoms with Crippen LogP contribution >= 0.6 is 0 Å². The molecule has 0 saturated carbocycles. The minimum absolute atomic E-state index is 0.179. The summed E-state index contributed by atoms with van der Waals surface area (Å²) in [5, 5.41) is 3.31. The SMILES string of the molecule is CC1CC(C)N(S(=O)(=O)CCCCNC(C)C)C1. The zero-order chi connectivity index (χ0) is 13.8. The zero-order valence-corrected chi connectivity index (χ0v) is 13.0. The van der Waals surface area contributed by atoms with E-state index in [-0.39, 0.29) is 6.04 Å². The molecule has 2 atom stereocenters. The van der Waals surface area contributed by atoms with Gasteiger partial charge in [-0.2, -0.15) is 4.31 Å². The highest BCUT2D eigenvalue weighted by Crippen LogP contribution is 2.25. The van der Waals surface area contributed by atoms with E-state index >= 15 is 0 Å². The normalized spacial score (nSPS) is 26.1. The third-order valence-electron chi connectivity index (χ3n) is 3.47. The molecule has 1 rings (SSSR count). The lowest BCUT2D eigenvalue weighted by Gasteiger charge is -2.21. The molecule has 1 heterocycles. The van der Waals surface area contributed by atoms with Crippen molar-refractivity contribution in [3.05, 3.63) is 0 Å². The van der Waals surface area contributed by atoms with Gasteiger partial charge in [0.15, 0.2) is 0 Å². The average Bonchev–Trinajstić information content (AvgIpc) is 2.57. The van der Waals surface area contributed by atoms with Gasteiger partial charge in [-0.25, -0.2) is 8.42 Å². The summed E-state index contributed by atoms with van der Waals surface area (Å²) in [6, 6.07) is 0.653. The lowest BCUT2D eigenvalue weighted by molar-refractivity contribution is 0.404. The molecule has 0 aromatic heterocycles. The predicted octanol–water partition coefficient (Wildman–Crippen LogP) is 1.82. The Balaban J connectivity index is 2.32. The van der Waals surface area contributed by atoms with Gasteiger partial charge < -0.3 is 5.32 Å².